The molecule has 0 spiro atoms. The van der Waals surface area contributed by atoms with E-state index < -0.39 is 0 Å². The topological polar surface area (TPSA) is 29.9 Å². The standard InChI is InChI=1S/C21H23N3/c1-16-9-11-19(12-10-16)20-15-23-21(24(20)3)22-14-17(2)13-18-7-5-4-6-8-18/h4-13,15H,14H2,1-3H3,(H,22,23). The summed E-state index contributed by atoms with van der Waals surface area (Å²) in [6.07, 6.45) is 4.11. The van der Waals surface area contributed by atoms with Crippen LogP contribution in [-0.4, -0.2) is 16.1 Å². The lowest BCUT2D eigenvalue weighted by atomic mass is 10.1. The van der Waals surface area contributed by atoms with Gasteiger partial charge < -0.3 is 9.88 Å². The molecule has 3 nitrogen and oxygen atoms in total. The lowest BCUT2D eigenvalue weighted by Crippen LogP contribution is -2.08. The van der Waals surface area contributed by atoms with Gasteiger partial charge in [0.25, 0.3) is 0 Å². The number of imidazole rings is 1. The Balaban J connectivity index is 1.70. The van der Waals surface area contributed by atoms with Crippen LogP contribution in [-0.2, 0) is 7.05 Å². The molecule has 122 valence electrons. The van der Waals surface area contributed by atoms with Crippen molar-refractivity contribution in [1.82, 2.24) is 9.55 Å². The van der Waals surface area contributed by atoms with Gasteiger partial charge in [-0.1, -0.05) is 71.8 Å². The monoisotopic (exact) mass is 317 g/mol. The number of benzene rings is 2. The van der Waals surface area contributed by atoms with Crippen LogP contribution in [0, 0.1) is 6.92 Å². The van der Waals surface area contributed by atoms with E-state index in [-0.39, 0.29) is 0 Å². The smallest absolute Gasteiger partial charge is 0.203 e. The molecule has 1 aromatic heterocycles. The van der Waals surface area contributed by atoms with Crippen LogP contribution in [0.3, 0.4) is 0 Å². The molecule has 0 aliphatic carbocycles. The van der Waals surface area contributed by atoms with Gasteiger partial charge in [0, 0.05) is 13.6 Å². The first-order valence-electron chi connectivity index (χ1n) is 8.18. The molecule has 1 heterocycles. The van der Waals surface area contributed by atoms with Crippen LogP contribution in [0.1, 0.15) is 18.1 Å². The molecule has 0 radical (unpaired) electrons. The zero-order valence-electron chi connectivity index (χ0n) is 14.5. The molecule has 0 aliphatic heterocycles. The predicted octanol–water partition coefficient (Wildman–Crippen LogP) is 4.91. The molecule has 2 aromatic carbocycles. The Bertz CT molecular complexity index is 827. The van der Waals surface area contributed by atoms with Gasteiger partial charge in [0.1, 0.15) is 0 Å². The van der Waals surface area contributed by atoms with E-state index in [0.29, 0.717) is 0 Å². The van der Waals surface area contributed by atoms with Crippen LogP contribution < -0.4 is 5.32 Å². The number of hydrogen-bond donors (Lipinski definition) is 1. The van der Waals surface area contributed by atoms with Gasteiger partial charge >= 0.3 is 0 Å². The maximum atomic E-state index is 4.52. The van der Waals surface area contributed by atoms with Crippen LogP contribution in [0.25, 0.3) is 17.3 Å². The summed E-state index contributed by atoms with van der Waals surface area (Å²) in [7, 11) is 2.04. The summed E-state index contributed by atoms with van der Waals surface area (Å²) in [4.78, 5) is 4.52. The first kappa shape index (κ1) is 16.1. The van der Waals surface area contributed by atoms with Gasteiger partial charge in [-0.25, -0.2) is 4.98 Å². The maximum absolute atomic E-state index is 4.52. The van der Waals surface area contributed by atoms with E-state index in [9.17, 15) is 0 Å². The Kier molecular flexibility index (Phi) is 4.80. The zero-order valence-corrected chi connectivity index (χ0v) is 14.5. The molecule has 0 unspecified atom stereocenters. The SMILES string of the molecule is CC(=Cc1ccccc1)CNc1ncc(-c2ccc(C)cc2)n1C. The van der Waals surface area contributed by atoms with Crippen molar-refractivity contribution in [2.45, 2.75) is 13.8 Å². The zero-order chi connectivity index (χ0) is 16.9. The van der Waals surface area contributed by atoms with Crippen LogP contribution in [0.4, 0.5) is 5.95 Å². The van der Waals surface area contributed by atoms with Gasteiger partial charge in [-0.15, -0.1) is 0 Å². The minimum Gasteiger partial charge on any atom is -0.352 e. The third kappa shape index (κ3) is 3.74. The van der Waals surface area contributed by atoms with Gasteiger partial charge in [-0.3, -0.25) is 0 Å². The summed E-state index contributed by atoms with van der Waals surface area (Å²) in [5.41, 5.74) is 6.04. The second kappa shape index (κ2) is 7.18. The summed E-state index contributed by atoms with van der Waals surface area (Å²) >= 11 is 0. The van der Waals surface area contributed by atoms with Crippen LogP contribution >= 0.6 is 0 Å². The van der Waals surface area contributed by atoms with Crippen LogP contribution in [0.15, 0.2) is 66.4 Å². The molecule has 24 heavy (non-hydrogen) atoms. The third-order valence-corrected chi connectivity index (χ3v) is 4.07. The highest BCUT2D eigenvalue weighted by molar-refractivity contribution is 5.62. The van der Waals surface area contributed by atoms with E-state index in [4.69, 9.17) is 0 Å². The van der Waals surface area contributed by atoms with Crippen molar-refractivity contribution in [2.24, 2.45) is 7.05 Å². The third-order valence-electron chi connectivity index (χ3n) is 4.07. The highest BCUT2D eigenvalue weighted by atomic mass is 15.2. The fraction of sp³-hybridized carbons (Fsp3) is 0.190. The Labute approximate surface area is 143 Å². The Morgan fingerprint density at radius 3 is 2.50 bits per heavy atom. The number of aromatic nitrogens is 2. The molecule has 0 aliphatic rings. The highest BCUT2D eigenvalue weighted by Crippen LogP contribution is 2.22. The number of anilines is 1. The van der Waals surface area contributed by atoms with Gasteiger partial charge in [0.05, 0.1) is 11.9 Å². The average Bonchev–Trinajstić information content (AvgIpc) is 2.95. The summed E-state index contributed by atoms with van der Waals surface area (Å²) < 4.78 is 2.10. The van der Waals surface area contributed by atoms with Crippen molar-refractivity contribution in [3.8, 4) is 11.3 Å². The van der Waals surface area contributed by atoms with Gasteiger partial charge in [0.2, 0.25) is 5.95 Å². The number of aryl methyl sites for hydroxylation is 1. The predicted molar refractivity (Wildman–Crippen MR) is 102 cm³/mol. The van der Waals surface area contributed by atoms with Crippen molar-refractivity contribution in [3.63, 3.8) is 0 Å². The van der Waals surface area contributed by atoms with E-state index in [1.165, 1.54) is 22.3 Å². The molecule has 0 saturated carbocycles. The van der Waals surface area contributed by atoms with Gasteiger partial charge in [0.15, 0.2) is 0 Å². The molecule has 0 atom stereocenters. The lowest BCUT2D eigenvalue weighted by molar-refractivity contribution is 0.916. The molecular formula is C21H23N3. The van der Waals surface area contributed by atoms with E-state index in [2.05, 4.69) is 83.3 Å². The molecule has 1 N–H and O–H groups in total. The normalized spacial score (nSPS) is 11.5. The maximum Gasteiger partial charge on any atom is 0.203 e. The van der Waals surface area contributed by atoms with E-state index in [1.807, 2.05) is 19.3 Å². The van der Waals surface area contributed by atoms with Crippen LogP contribution in [0.2, 0.25) is 0 Å². The van der Waals surface area contributed by atoms with Crippen molar-refractivity contribution in [1.29, 1.82) is 0 Å². The summed E-state index contributed by atoms with van der Waals surface area (Å²) in [6.45, 7) is 5.00. The van der Waals surface area contributed by atoms with Gasteiger partial charge in [-0.05, 0) is 25.0 Å². The molecule has 3 rings (SSSR count). The number of rotatable bonds is 5. The largest absolute Gasteiger partial charge is 0.352 e. The van der Waals surface area contributed by atoms with Crippen LogP contribution in [0.5, 0.6) is 0 Å². The molecule has 0 amide bonds. The van der Waals surface area contributed by atoms with E-state index in [0.717, 1.165) is 18.2 Å². The minimum absolute atomic E-state index is 0.771. The summed E-state index contributed by atoms with van der Waals surface area (Å²) in [6, 6.07) is 18.9. The van der Waals surface area contributed by atoms with E-state index >= 15 is 0 Å². The Morgan fingerprint density at radius 2 is 1.79 bits per heavy atom. The second-order valence-electron chi connectivity index (χ2n) is 6.15. The van der Waals surface area contributed by atoms with Crippen molar-refractivity contribution in [3.05, 3.63) is 77.5 Å². The molecule has 0 bridgehead atoms. The Morgan fingerprint density at radius 1 is 1.08 bits per heavy atom. The van der Waals surface area contributed by atoms with Gasteiger partial charge in [-0.2, -0.15) is 0 Å². The van der Waals surface area contributed by atoms with Crippen molar-refractivity contribution in [2.75, 3.05) is 11.9 Å². The summed E-state index contributed by atoms with van der Waals surface area (Å²) in [5, 5.41) is 3.42. The first-order chi connectivity index (χ1) is 11.6. The number of hydrogen-bond acceptors (Lipinski definition) is 2. The summed E-state index contributed by atoms with van der Waals surface area (Å²) in [5.74, 6) is 0.881. The first-order valence-corrected chi connectivity index (χ1v) is 8.18. The highest BCUT2D eigenvalue weighted by Gasteiger charge is 2.08. The molecule has 3 aromatic rings. The fourth-order valence-corrected chi connectivity index (χ4v) is 2.67. The minimum atomic E-state index is 0.771. The van der Waals surface area contributed by atoms with Crippen molar-refractivity contribution >= 4 is 12.0 Å². The van der Waals surface area contributed by atoms with Crippen molar-refractivity contribution < 1.29 is 0 Å². The molecule has 0 fully saturated rings. The molecule has 0 saturated heterocycles. The fourth-order valence-electron chi connectivity index (χ4n) is 2.67. The number of nitrogens with zero attached hydrogens (tertiary/aromatic N) is 2. The second-order valence-corrected chi connectivity index (χ2v) is 6.15. The molecule has 3 heteroatoms. The Hall–Kier alpha value is -2.81. The lowest BCUT2D eigenvalue weighted by Gasteiger charge is -2.09. The quantitative estimate of drug-likeness (QED) is 0.724. The molecular weight excluding hydrogens is 294 g/mol. The number of nitrogens with one attached hydrogen (secondary N) is 1. The van der Waals surface area contributed by atoms with E-state index in [1.54, 1.807) is 0 Å². The average molecular weight is 317 g/mol.